The average molecular weight is 369 g/mol. The number of hydrogen-bond donors (Lipinski definition) is 0. The van der Waals surface area contributed by atoms with Gasteiger partial charge in [-0.1, -0.05) is 6.08 Å². The van der Waals surface area contributed by atoms with Gasteiger partial charge >= 0.3 is 0 Å². The quantitative estimate of drug-likeness (QED) is 0.357. The lowest BCUT2D eigenvalue weighted by Gasteiger charge is -2.08. The lowest BCUT2D eigenvalue weighted by Crippen LogP contribution is -2.00. The Morgan fingerprint density at radius 2 is 2.04 bits per heavy atom. The molecule has 0 amide bonds. The second-order valence-electron chi connectivity index (χ2n) is 5.15. The van der Waals surface area contributed by atoms with Gasteiger partial charge in [0.25, 0.3) is 5.69 Å². The smallest absolute Gasteiger partial charge is 0.287 e. The van der Waals surface area contributed by atoms with Gasteiger partial charge in [0.05, 0.1) is 12.0 Å². The molecule has 0 aliphatic carbocycles. The summed E-state index contributed by atoms with van der Waals surface area (Å²) in [6, 6.07) is 10.5. The van der Waals surface area contributed by atoms with E-state index in [4.69, 9.17) is 4.74 Å². The van der Waals surface area contributed by atoms with E-state index < -0.39 is 4.92 Å². The molecule has 8 nitrogen and oxygen atoms in total. The van der Waals surface area contributed by atoms with E-state index in [2.05, 4.69) is 21.8 Å². The highest BCUT2D eigenvalue weighted by molar-refractivity contribution is 7.99. The topological polar surface area (TPSA) is 96.0 Å². The second-order valence-corrected chi connectivity index (χ2v) is 6.14. The van der Waals surface area contributed by atoms with Gasteiger partial charge < -0.3 is 4.74 Å². The molecular formula is C17H15N5O3S. The Morgan fingerprint density at radius 1 is 1.27 bits per heavy atom. The molecule has 0 spiro atoms. The molecule has 0 radical (unpaired) electrons. The van der Waals surface area contributed by atoms with Crippen molar-refractivity contribution in [2.45, 2.75) is 16.7 Å². The third-order valence-corrected chi connectivity index (χ3v) is 4.44. The number of ether oxygens (including phenoxy) is 1. The van der Waals surface area contributed by atoms with Crippen LogP contribution in [0.1, 0.15) is 0 Å². The van der Waals surface area contributed by atoms with Crippen molar-refractivity contribution in [1.82, 2.24) is 19.7 Å². The molecule has 0 fully saturated rings. The zero-order valence-electron chi connectivity index (χ0n) is 13.9. The molecule has 0 N–H and O–H groups in total. The number of rotatable bonds is 7. The van der Waals surface area contributed by atoms with Crippen molar-refractivity contribution < 1.29 is 9.66 Å². The van der Waals surface area contributed by atoms with Gasteiger partial charge in [-0.15, -0.1) is 16.8 Å². The lowest BCUT2D eigenvalue weighted by molar-refractivity contribution is -0.385. The second kappa shape index (κ2) is 7.79. The number of hydrogen-bond acceptors (Lipinski definition) is 7. The zero-order valence-corrected chi connectivity index (χ0v) is 14.7. The summed E-state index contributed by atoms with van der Waals surface area (Å²) < 4.78 is 7.08. The van der Waals surface area contributed by atoms with Crippen molar-refractivity contribution in [3.05, 3.63) is 65.4 Å². The Labute approximate surface area is 153 Å². The van der Waals surface area contributed by atoms with Crippen LogP contribution in [0.25, 0.3) is 11.4 Å². The maximum absolute atomic E-state index is 10.7. The van der Waals surface area contributed by atoms with Crippen molar-refractivity contribution in [2.75, 3.05) is 7.11 Å². The van der Waals surface area contributed by atoms with Crippen molar-refractivity contribution in [2.24, 2.45) is 0 Å². The first-order valence-corrected chi connectivity index (χ1v) is 8.41. The molecule has 0 unspecified atom stereocenters. The molecular weight excluding hydrogens is 354 g/mol. The van der Waals surface area contributed by atoms with Crippen molar-refractivity contribution in [1.29, 1.82) is 0 Å². The fraction of sp³-hybridized carbons (Fsp3) is 0.118. The highest BCUT2D eigenvalue weighted by Crippen LogP contribution is 2.29. The summed E-state index contributed by atoms with van der Waals surface area (Å²) in [5.41, 5.74) is 0.837. The van der Waals surface area contributed by atoms with Crippen LogP contribution < -0.4 is 4.74 Å². The van der Waals surface area contributed by atoms with E-state index in [1.807, 2.05) is 28.8 Å². The fourth-order valence-electron chi connectivity index (χ4n) is 2.25. The highest BCUT2D eigenvalue weighted by Gasteiger charge is 2.15. The molecule has 0 saturated heterocycles. The molecule has 1 aromatic carbocycles. The van der Waals surface area contributed by atoms with Gasteiger partial charge in [0.1, 0.15) is 17.0 Å². The number of pyridine rings is 1. The van der Waals surface area contributed by atoms with Crippen LogP contribution in [0, 0.1) is 10.1 Å². The van der Waals surface area contributed by atoms with Gasteiger partial charge in [0.15, 0.2) is 11.0 Å². The van der Waals surface area contributed by atoms with E-state index >= 15 is 0 Å². The van der Waals surface area contributed by atoms with Crippen LogP contribution in [-0.4, -0.2) is 31.8 Å². The molecule has 0 atom stereocenters. The van der Waals surface area contributed by atoms with Gasteiger partial charge in [-0.3, -0.25) is 14.7 Å². The molecule has 2 aromatic heterocycles. The van der Waals surface area contributed by atoms with E-state index in [0.29, 0.717) is 22.6 Å². The van der Waals surface area contributed by atoms with E-state index in [1.165, 1.54) is 24.0 Å². The summed E-state index contributed by atoms with van der Waals surface area (Å²) in [6.07, 6.45) is 2.98. The third-order valence-electron chi connectivity index (χ3n) is 3.50. The van der Waals surface area contributed by atoms with E-state index in [0.717, 1.165) is 11.3 Å². The van der Waals surface area contributed by atoms with Gasteiger partial charge in [-0.05, 0) is 42.1 Å². The van der Waals surface area contributed by atoms with Crippen LogP contribution >= 0.6 is 11.8 Å². The number of aromatic nitrogens is 4. The Morgan fingerprint density at radius 3 is 2.62 bits per heavy atom. The van der Waals surface area contributed by atoms with Gasteiger partial charge in [0, 0.05) is 18.2 Å². The SMILES string of the molecule is C=CCn1c(Sc2ccc([N+](=O)[O-])cn2)nnc1-c1ccc(OC)cc1. The van der Waals surface area contributed by atoms with Crippen LogP contribution in [-0.2, 0) is 6.54 Å². The summed E-state index contributed by atoms with van der Waals surface area (Å²) in [6.45, 7) is 4.30. The minimum Gasteiger partial charge on any atom is -0.497 e. The highest BCUT2D eigenvalue weighted by atomic mass is 32.2. The first kappa shape index (κ1) is 17.6. The Bertz CT molecular complexity index is 923. The Kier molecular flexibility index (Phi) is 5.28. The fourth-order valence-corrected chi connectivity index (χ4v) is 3.03. The van der Waals surface area contributed by atoms with E-state index in [9.17, 15) is 10.1 Å². The predicted molar refractivity (Wildman–Crippen MR) is 97.2 cm³/mol. The Balaban J connectivity index is 1.90. The summed E-state index contributed by atoms with van der Waals surface area (Å²) in [7, 11) is 1.61. The summed E-state index contributed by atoms with van der Waals surface area (Å²) in [5.74, 6) is 1.45. The van der Waals surface area contributed by atoms with Gasteiger partial charge in [-0.2, -0.15) is 0 Å². The maximum atomic E-state index is 10.7. The molecule has 0 aliphatic heterocycles. The average Bonchev–Trinajstić information content (AvgIpc) is 3.05. The number of benzene rings is 1. The van der Waals surface area contributed by atoms with Crippen LogP contribution in [0.15, 0.2) is 65.4 Å². The van der Waals surface area contributed by atoms with E-state index in [-0.39, 0.29) is 5.69 Å². The van der Waals surface area contributed by atoms with Crippen molar-refractivity contribution >= 4 is 17.4 Å². The van der Waals surface area contributed by atoms with Crippen LogP contribution in [0.3, 0.4) is 0 Å². The van der Waals surface area contributed by atoms with Crippen LogP contribution in [0.5, 0.6) is 5.75 Å². The first-order valence-electron chi connectivity index (χ1n) is 7.59. The largest absolute Gasteiger partial charge is 0.497 e. The minimum absolute atomic E-state index is 0.0548. The predicted octanol–water partition coefficient (Wildman–Crippen LogP) is 3.59. The zero-order chi connectivity index (χ0) is 18.5. The minimum atomic E-state index is -0.483. The molecule has 0 aliphatic rings. The molecule has 2 heterocycles. The number of allylic oxidation sites excluding steroid dienone is 1. The van der Waals surface area contributed by atoms with Crippen molar-refractivity contribution in [3.63, 3.8) is 0 Å². The van der Waals surface area contributed by atoms with Crippen molar-refractivity contribution in [3.8, 4) is 17.1 Å². The third kappa shape index (κ3) is 3.72. The molecule has 132 valence electrons. The molecule has 26 heavy (non-hydrogen) atoms. The number of methoxy groups -OCH3 is 1. The molecule has 9 heteroatoms. The van der Waals surface area contributed by atoms with Crippen LogP contribution in [0.4, 0.5) is 5.69 Å². The van der Waals surface area contributed by atoms with Gasteiger partial charge in [0.2, 0.25) is 0 Å². The van der Waals surface area contributed by atoms with E-state index in [1.54, 1.807) is 19.3 Å². The molecule has 0 saturated carbocycles. The lowest BCUT2D eigenvalue weighted by atomic mass is 10.2. The molecule has 0 bridgehead atoms. The van der Waals surface area contributed by atoms with Gasteiger partial charge in [-0.25, -0.2) is 4.98 Å². The Hall–Kier alpha value is -3.20. The molecule has 3 aromatic rings. The monoisotopic (exact) mass is 369 g/mol. The maximum Gasteiger partial charge on any atom is 0.287 e. The standard InChI is InChI=1S/C17H15N5O3S/c1-3-10-21-16(12-4-7-14(25-2)8-5-12)19-20-17(21)26-15-9-6-13(11-18-15)22(23)24/h3-9,11H,1,10H2,2H3. The summed E-state index contributed by atoms with van der Waals surface area (Å²) in [5, 5.41) is 20.4. The summed E-state index contributed by atoms with van der Waals surface area (Å²) >= 11 is 1.28. The number of nitro groups is 1. The number of nitrogens with zero attached hydrogens (tertiary/aromatic N) is 5. The normalized spacial score (nSPS) is 10.5. The van der Waals surface area contributed by atoms with Crippen LogP contribution in [0.2, 0.25) is 0 Å². The first-order chi connectivity index (χ1) is 12.6. The molecule has 3 rings (SSSR count). The summed E-state index contributed by atoms with van der Waals surface area (Å²) in [4.78, 5) is 14.3.